The van der Waals surface area contributed by atoms with E-state index in [0.717, 1.165) is 34.5 Å². The third-order valence-corrected chi connectivity index (χ3v) is 6.93. The first-order valence-electron chi connectivity index (χ1n) is 11.5. The number of nitrogens with one attached hydrogen (secondary N) is 1. The summed E-state index contributed by atoms with van der Waals surface area (Å²) in [6, 6.07) is 11.1. The molecule has 0 aliphatic rings. The zero-order valence-electron chi connectivity index (χ0n) is 20.1. The van der Waals surface area contributed by atoms with Gasteiger partial charge in [0.25, 0.3) is 0 Å². The number of halogens is 3. The molecule has 0 unspecified atom stereocenters. The van der Waals surface area contributed by atoms with Crippen molar-refractivity contribution >= 4 is 24.4 Å². The van der Waals surface area contributed by atoms with Gasteiger partial charge in [-0.05, 0) is 73.2 Å². The fraction of sp³-hybridized carbons (Fsp3) is 0.269. The van der Waals surface area contributed by atoms with Crippen LogP contribution in [0.25, 0.3) is 22.4 Å². The van der Waals surface area contributed by atoms with Crippen LogP contribution in [-0.4, -0.2) is 36.7 Å². The van der Waals surface area contributed by atoms with Gasteiger partial charge in [0.05, 0.1) is 17.2 Å². The Morgan fingerprint density at radius 1 is 1.03 bits per heavy atom. The monoisotopic (exact) mass is 531 g/mol. The Balaban J connectivity index is 1.53. The number of ketones is 1. The molecular formula is C26H25F3N3O4P. The van der Waals surface area contributed by atoms with Crippen molar-refractivity contribution in [3.63, 3.8) is 0 Å². The molecule has 4 aromatic rings. The van der Waals surface area contributed by atoms with Crippen LogP contribution in [0, 0.1) is 13.8 Å². The maximum Gasteiger partial charge on any atom is 0.433 e. The molecule has 194 valence electrons. The van der Waals surface area contributed by atoms with E-state index in [9.17, 15) is 22.5 Å². The van der Waals surface area contributed by atoms with Gasteiger partial charge in [0, 0.05) is 23.7 Å². The number of hydrogen-bond donors (Lipinski definition) is 3. The number of aryl methyl sites for hydroxylation is 3. The van der Waals surface area contributed by atoms with Gasteiger partial charge in [-0.15, -0.1) is 0 Å². The summed E-state index contributed by atoms with van der Waals surface area (Å²) in [5.41, 5.74) is 4.88. The van der Waals surface area contributed by atoms with Crippen LogP contribution in [0.1, 0.15) is 44.7 Å². The molecule has 0 spiro atoms. The second-order valence-corrected chi connectivity index (χ2v) is 10.8. The van der Waals surface area contributed by atoms with Crippen LogP contribution >= 0.6 is 7.60 Å². The van der Waals surface area contributed by atoms with Crippen molar-refractivity contribution in [2.75, 3.05) is 6.16 Å². The lowest BCUT2D eigenvalue weighted by Gasteiger charge is -2.11. The lowest BCUT2D eigenvalue weighted by Crippen LogP contribution is -2.09. The van der Waals surface area contributed by atoms with Gasteiger partial charge in [0.1, 0.15) is 11.5 Å². The van der Waals surface area contributed by atoms with Crippen LogP contribution in [0.2, 0.25) is 0 Å². The fourth-order valence-corrected chi connectivity index (χ4v) is 4.92. The molecule has 7 nitrogen and oxygen atoms in total. The van der Waals surface area contributed by atoms with Gasteiger partial charge >= 0.3 is 13.8 Å². The zero-order chi connectivity index (χ0) is 27.0. The molecule has 0 fully saturated rings. The standard InChI is InChI=1S/C26H25F3N3O4P/c1-15-10-17(4-3-9-37(34,35)36)11-16(2)24(15)25-31-20-7-6-19(13-21(20)32-25)22(33)12-18-5-8-23(30-14-18)26(27,28)29/h5-8,10-11,13-14H,3-4,9,12H2,1-2H3,(H,31,32)(H2,34,35,36). The molecule has 0 amide bonds. The minimum Gasteiger partial charge on any atom is -0.338 e. The van der Waals surface area contributed by atoms with E-state index in [-0.39, 0.29) is 18.4 Å². The quantitative estimate of drug-likeness (QED) is 0.196. The molecule has 2 aromatic carbocycles. The van der Waals surface area contributed by atoms with Crippen LogP contribution in [0.15, 0.2) is 48.7 Å². The van der Waals surface area contributed by atoms with Crippen LogP contribution in [0.5, 0.6) is 0 Å². The lowest BCUT2D eigenvalue weighted by molar-refractivity contribution is -0.141. The predicted molar refractivity (Wildman–Crippen MR) is 134 cm³/mol. The molecule has 0 saturated carbocycles. The van der Waals surface area contributed by atoms with Crippen molar-refractivity contribution in [2.45, 2.75) is 39.3 Å². The number of hydrogen-bond acceptors (Lipinski definition) is 4. The Morgan fingerprint density at radius 3 is 2.32 bits per heavy atom. The third-order valence-electron chi connectivity index (χ3n) is 6.03. The normalized spacial score (nSPS) is 12.3. The van der Waals surface area contributed by atoms with Gasteiger partial charge in [-0.1, -0.05) is 18.2 Å². The van der Waals surface area contributed by atoms with E-state index in [2.05, 4.69) is 15.0 Å². The fourth-order valence-electron chi connectivity index (χ4n) is 4.35. The average Bonchev–Trinajstić information content (AvgIpc) is 3.20. The topological polar surface area (TPSA) is 116 Å². The van der Waals surface area contributed by atoms with E-state index in [1.54, 1.807) is 18.2 Å². The summed E-state index contributed by atoms with van der Waals surface area (Å²) in [5.74, 6) is 0.370. The molecule has 0 aliphatic heterocycles. The molecule has 2 heterocycles. The largest absolute Gasteiger partial charge is 0.433 e. The van der Waals surface area contributed by atoms with Crippen LogP contribution < -0.4 is 0 Å². The number of Topliss-reactive ketones (excluding diaryl/α,β-unsaturated/α-hetero) is 1. The summed E-state index contributed by atoms with van der Waals surface area (Å²) in [5, 5.41) is 0. The minimum absolute atomic E-state index is 0.0840. The highest BCUT2D eigenvalue weighted by Crippen LogP contribution is 2.36. The van der Waals surface area contributed by atoms with Gasteiger partial charge in [-0.3, -0.25) is 14.3 Å². The summed E-state index contributed by atoms with van der Waals surface area (Å²) in [4.78, 5) is 42.2. The first-order chi connectivity index (χ1) is 17.3. The number of alkyl halides is 3. The molecule has 0 saturated heterocycles. The molecule has 4 rings (SSSR count). The molecule has 2 aromatic heterocycles. The lowest BCUT2D eigenvalue weighted by atomic mass is 9.97. The number of nitrogens with zero attached hydrogens (tertiary/aromatic N) is 2. The van der Waals surface area contributed by atoms with Crippen LogP contribution in [-0.2, 0) is 23.6 Å². The SMILES string of the molecule is Cc1cc(CCCP(=O)(O)O)cc(C)c1-c1nc2ccc(C(=O)Cc3ccc(C(F)(F)F)nc3)cc2[nH]1. The number of carbonyl (C=O) groups excluding carboxylic acids is 1. The van der Waals surface area contributed by atoms with Gasteiger partial charge in [-0.25, -0.2) is 4.98 Å². The first kappa shape index (κ1) is 26.7. The van der Waals surface area contributed by atoms with E-state index in [1.807, 2.05) is 26.0 Å². The Kier molecular flexibility index (Phi) is 7.37. The molecule has 0 bridgehead atoms. The molecule has 0 aliphatic carbocycles. The Bertz CT molecular complexity index is 1490. The molecule has 0 atom stereocenters. The van der Waals surface area contributed by atoms with E-state index in [1.165, 1.54) is 6.07 Å². The molecule has 3 N–H and O–H groups in total. The van der Waals surface area contributed by atoms with E-state index < -0.39 is 19.5 Å². The maximum atomic E-state index is 12.8. The van der Waals surface area contributed by atoms with Crippen molar-refractivity contribution in [3.05, 3.63) is 82.2 Å². The molecule has 11 heteroatoms. The second-order valence-electron chi connectivity index (χ2n) is 9.06. The number of pyridine rings is 1. The molecular weight excluding hydrogens is 506 g/mol. The highest BCUT2D eigenvalue weighted by atomic mass is 31.2. The highest BCUT2D eigenvalue weighted by Gasteiger charge is 2.32. The van der Waals surface area contributed by atoms with Crippen LogP contribution in [0.3, 0.4) is 0 Å². The summed E-state index contributed by atoms with van der Waals surface area (Å²) in [7, 11) is -4.02. The summed E-state index contributed by atoms with van der Waals surface area (Å²) in [6.45, 7) is 3.88. The number of carbonyl (C=O) groups is 1. The van der Waals surface area contributed by atoms with Crippen molar-refractivity contribution in [2.24, 2.45) is 0 Å². The molecule has 0 radical (unpaired) electrons. The average molecular weight is 531 g/mol. The van der Waals surface area contributed by atoms with E-state index >= 15 is 0 Å². The molecule has 37 heavy (non-hydrogen) atoms. The van der Waals surface area contributed by atoms with E-state index in [0.29, 0.717) is 40.8 Å². The second kappa shape index (κ2) is 10.2. The number of rotatable bonds is 8. The predicted octanol–water partition coefficient (Wildman–Crippen LogP) is 5.80. The summed E-state index contributed by atoms with van der Waals surface area (Å²) < 4.78 is 49.2. The van der Waals surface area contributed by atoms with Gasteiger partial charge in [0.2, 0.25) is 0 Å². The van der Waals surface area contributed by atoms with Gasteiger partial charge in [-0.2, -0.15) is 13.2 Å². The maximum absolute atomic E-state index is 12.8. The van der Waals surface area contributed by atoms with E-state index in [4.69, 9.17) is 9.79 Å². The third kappa shape index (κ3) is 6.52. The van der Waals surface area contributed by atoms with Gasteiger partial charge < -0.3 is 14.8 Å². The number of fused-ring (bicyclic) bond motifs is 1. The Hall–Kier alpha value is -3.33. The van der Waals surface area contributed by atoms with Crippen molar-refractivity contribution in [1.29, 1.82) is 0 Å². The number of aromatic nitrogens is 3. The number of H-pyrrole nitrogens is 1. The number of imidazole rings is 1. The summed E-state index contributed by atoms with van der Waals surface area (Å²) >= 11 is 0. The summed E-state index contributed by atoms with van der Waals surface area (Å²) in [6.07, 6.45) is -2.78. The van der Waals surface area contributed by atoms with Crippen LogP contribution in [0.4, 0.5) is 13.2 Å². The van der Waals surface area contributed by atoms with Gasteiger partial charge in [0.15, 0.2) is 5.78 Å². The first-order valence-corrected chi connectivity index (χ1v) is 13.3. The smallest absolute Gasteiger partial charge is 0.338 e. The van der Waals surface area contributed by atoms with Crippen molar-refractivity contribution in [3.8, 4) is 11.4 Å². The zero-order valence-corrected chi connectivity index (χ0v) is 21.0. The number of aromatic amines is 1. The Labute approximate surface area is 211 Å². The van der Waals surface area contributed by atoms with Crippen molar-refractivity contribution in [1.82, 2.24) is 15.0 Å². The van der Waals surface area contributed by atoms with Crippen molar-refractivity contribution < 1.29 is 32.3 Å². The Morgan fingerprint density at radius 2 is 1.73 bits per heavy atom. The minimum atomic E-state index is -4.53. The highest BCUT2D eigenvalue weighted by molar-refractivity contribution is 7.51. The number of benzene rings is 2.